The molecule has 1 atom stereocenters. The third kappa shape index (κ3) is 4.44. The molecule has 37 heavy (non-hydrogen) atoms. The molecule has 3 aromatic heterocycles. The van der Waals surface area contributed by atoms with Crippen molar-refractivity contribution in [3.63, 3.8) is 0 Å². The molecule has 1 saturated heterocycles. The molecule has 6 rings (SSSR count). The number of rotatable bonds is 5. The van der Waals surface area contributed by atoms with Crippen LogP contribution in [0.2, 0.25) is 0 Å². The third-order valence-corrected chi connectivity index (χ3v) is 6.46. The van der Waals surface area contributed by atoms with E-state index in [0.29, 0.717) is 46.9 Å². The smallest absolute Gasteiger partial charge is 0.257 e. The predicted octanol–water partition coefficient (Wildman–Crippen LogP) is 4.14. The standard InChI is InChI=1S/C27H24N8O2/c28-25-23-24(18-8-10-22(11-9-18)37-21-6-2-1-3-7-21)33-35(26(23)32-17-31-25)20-5-4-12-34(15-20)27(36)19-13-29-16-30-14-19/h1-3,6-11,13-14,16-17,20H,4-5,12,15H2,(H2,28,31,32). The Hall–Kier alpha value is -4.86. The molecular weight excluding hydrogens is 468 g/mol. The van der Waals surface area contributed by atoms with E-state index in [1.807, 2.05) is 64.2 Å². The van der Waals surface area contributed by atoms with Gasteiger partial charge in [-0.25, -0.2) is 24.6 Å². The predicted molar refractivity (Wildman–Crippen MR) is 138 cm³/mol. The normalized spacial score (nSPS) is 15.6. The van der Waals surface area contributed by atoms with Crippen molar-refractivity contribution in [1.82, 2.24) is 34.6 Å². The van der Waals surface area contributed by atoms with Gasteiger partial charge in [-0.3, -0.25) is 4.79 Å². The van der Waals surface area contributed by atoms with Crippen molar-refractivity contribution in [2.45, 2.75) is 18.9 Å². The number of amides is 1. The molecule has 1 unspecified atom stereocenters. The van der Waals surface area contributed by atoms with Gasteiger partial charge in [0.25, 0.3) is 5.91 Å². The summed E-state index contributed by atoms with van der Waals surface area (Å²) in [7, 11) is 0. The number of likely N-dealkylation sites (tertiary alicyclic amines) is 1. The highest BCUT2D eigenvalue weighted by Crippen LogP contribution is 2.35. The number of ether oxygens (including phenoxy) is 1. The van der Waals surface area contributed by atoms with E-state index in [1.54, 1.807) is 12.4 Å². The fourth-order valence-corrected chi connectivity index (χ4v) is 4.69. The first-order valence-electron chi connectivity index (χ1n) is 12.0. The summed E-state index contributed by atoms with van der Waals surface area (Å²) in [5.74, 6) is 1.75. The van der Waals surface area contributed by atoms with E-state index in [0.717, 1.165) is 24.2 Å². The molecule has 5 aromatic rings. The van der Waals surface area contributed by atoms with Crippen LogP contribution in [-0.4, -0.2) is 53.6 Å². The second-order valence-electron chi connectivity index (χ2n) is 8.86. The Balaban J connectivity index is 1.32. The Bertz CT molecular complexity index is 1540. The van der Waals surface area contributed by atoms with E-state index in [9.17, 15) is 4.79 Å². The average molecular weight is 493 g/mol. The van der Waals surface area contributed by atoms with Gasteiger partial charge in [-0.2, -0.15) is 5.10 Å². The zero-order valence-electron chi connectivity index (χ0n) is 19.9. The van der Waals surface area contributed by atoms with Gasteiger partial charge in [0.2, 0.25) is 0 Å². The minimum atomic E-state index is -0.0925. The first-order valence-corrected chi connectivity index (χ1v) is 12.0. The molecule has 2 aromatic carbocycles. The maximum absolute atomic E-state index is 13.0. The van der Waals surface area contributed by atoms with E-state index in [1.165, 1.54) is 12.7 Å². The zero-order valence-corrected chi connectivity index (χ0v) is 19.9. The number of nitrogens with zero attached hydrogens (tertiary/aromatic N) is 7. The maximum Gasteiger partial charge on any atom is 0.257 e. The van der Waals surface area contributed by atoms with E-state index in [2.05, 4.69) is 19.9 Å². The van der Waals surface area contributed by atoms with Gasteiger partial charge in [0, 0.05) is 31.0 Å². The molecule has 1 aliphatic rings. The van der Waals surface area contributed by atoms with E-state index < -0.39 is 0 Å². The SMILES string of the molecule is Nc1ncnc2c1c(-c1ccc(Oc3ccccc3)cc1)nn2C1CCCN(C(=O)c2cncnc2)C1. The minimum absolute atomic E-state index is 0.0615. The molecule has 1 aliphatic heterocycles. The van der Waals surface area contributed by atoms with Crippen LogP contribution < -0.4 is 10.5 Å². The van der Waals surface area contributed by atoms with Crippen molar-refractivity contribution in [2.75, 3.05) is 18.8 Å². The van der Waals surface area contributed by atoms with Crippen LogP contribution in [-0.2, 0) is 0 Å². The van der Waals surface area contributed by atoms with Gasteiger partial charge in [-0.05, 0) is 49.2 Å². The maximum atomic E-state index is 13.0. The third-order valence-electron chi connectivity index (χ3n) is 6.46. The Kier molecular flexibility index (Phi) is 5.89. The monoisotopic (exact) mass is 492 g/mol. The highest BCUT2D eigenvalue weighted by atomic mass is 16.5. The Morgan fingerprint density at radius 2 is 1.70 bits per heavy atom. The molecular formula is C27H24N8O2. The number of anilines is 1. The molecule has 4 heterocycles. The van der Waals surface area contributed by atoms with E-state index in [-0.39, 0.29) is 11.9 Å². The lowest BCUT2D eigenvalue weighted by Gasteiger charge is -2.32. The summed E-state index contributed by atoms with van der Waals surface area (Å²) in [6, 6.07) is 17.2. The number of aromatic nitrogens is 6. The second kappa shape index (κ2) is 9.65. The fourth-order valence-electron chi connectivity index (χ4n) is 4.69. The lowest BCUT2D eigenvalue weighted by atomic mass is 10.0. The summed E-state index contributed by atoms with van der Waals surface area (Å²) in [5, 5.41) is 5.65. The van der Waals surface area contributed by atoms with E-state index >= 15 is 0 Å². The number of hydrogen-bond acceptors (Lipinski definition) is 8. The lowest BCUT2D eigenvalue weighted by molar-refractivity contribution is 0.0674. The van der Waals surface area contributed by atoms with Crippen molar-refractivity contribution >= 4 is 22.8 Å². The number of benzene rings is 2. The first kappa shape index (κ1) is 22.6. The molecule has 0 radical (unpaired) electrons. The number of hydrogen-bond donors (Lipinski definition) is 1. The number of piperidine rings is 1. The first-order chi connectivity index (χ1) is 18.2. The topological polar surface area (TPSA) is 125 Å². The van der Waals surface area contributed by atoms with Crippen LogP contribution >= 0.6 is 0 Å². The average Bonchev–Trinajstić information content (AvgIpc) is 3.35. The molecule has 1 fully saturated rings. The van der Waals surface area contributed by atoms with Gasteiger partial charge >= 0.3 is 0 Å². The van der Waals surface area contributed by atoms with Gasteiger partial charge in [0.1, 0.15) is 35.7 Å². The molecule has 2 N–H and O–H groups in total. The van der Waals surface area contributed by atoms with Crippen molar-refractivity contribution < 1.29 is 9.53 Å². The van der Waals surface area contributed by atoms with Gasteiger partial charge in [-0.15, -0.1) is 0 Å². The van der Waals surface area contributed by atoms with Gasteiger partial charge in [0.05, 0.1) is 17.0 Å². The Morgan fingerprint density at radius 3 is 2.49 bits per heavy atom. The summed E-state index contributed by atoms with van der Waals surface area (Å²) in [5.41, 5.74) is 9.00. The van der Waals surface area contributed by atoms with Crippen LogP contribution in [0.4, 0.5) is 5.82 Å². The lowest BCUT2D eigenvalue weighted by Crippen LogP contribution is -2.41. The van der Waals surface area contributed by atoms with Crippen molar-refractivity contribution in [2.24, 2.45) is 0 Å². The Morgan fingerprint density at radius 1 is 0.946 bits per heavy atom. The zero-order chi connectivity index (χ0) is 25.2. The molecule has 10 nitrogen and oxygen atoms in total. The quantitative estimate of drug-likeness (QED) is 0.388. The van der Waals surface area contributed by atoms with Crippen LogP contribution in [0.25, 0.3) is 22.3 Å². The summed E-state index contributed by atoms with van der Waals surface area (Å²) < 4.78 is 7.82. The number of carbonyl (C=O) groups excluding carboxylic acids is 1. The van der Waals surface area contributed by atoms with Crippen molar-refractivity contribution in [1.29, 1.82) is 0 Å². The fraction of sp³-hybridized carbons (Fsp3) is 0.185. The molecule has 184 valence electrons. The van der Waals surface area contributed by atoms with Crippen LogP contribution in [0.3, 0.4) is 0 Å². The summed E-state index contributed by atoms with van der Waals surface area (Å²) >= 11 is 0. The van der Waals surface area contributed by atoms with Crippen LogP contribution in [0, 0.1) is 0 Å². The van der Waals surface area contributed by atoms with Crippen molar-refractivity contribution in [3.05, 3.63) is 85.2 Å². The minimum Gasteiger partial charge on any atom is -0.457 e. The summed E-state index contributed by atoms with van der Waals surface area (Å²) in [6.07, 6.45) is 7.64. The van der Waals surface area contributed by atoms with Gasteiger partial charge < -0.3 is 15.4 Å². The molecule has 0 spiro atoms. The number of nitrogen functional groups attached to an aromatic ring is 1. The largest absolute Gasteiger partial charge is 0.457 e. The molecule has 10 heteroatoms. The highest BCUT2D eigenvalue weighted by Gasteiger charge is 2.29. The van der Waals surface area contributed by atoms with Crippen LogP contribution in [0.1, 0.15) is 29.2 Å². The molecule has 0 bridgehead atoms. The number of nitrogens with two attached hydrogens (primary N) is 1. The summed E-state index contributed by atoms with van der Waals surface area (Å²) in [4.78, 5) is 31.6. The highest BCUT2D eigenvalue weighted by molar-refractivity contribution is 5.98. The molecule has 0 saturated carbocycles. The Labute approximate surface area is 212 Å². The molecule has 1 amide bonds. The van der Waals surface area contributed by atoms with Gasteiger partial charge in [-0.1, -0.05) is 18.2 Å². The van der Waals surface area contributed by atoms with Crippen molar-refractivity contribution in [3.8, 4) is 22.8 Å². The number of para-hydroxylation sites is 1. The second-order valence-corrected chi connectivity index (χ2v) is 8.86. The van der Waals surface area contributed by atoms with E-state index in [4.69, 9.17) is 15.6 Å². The van der Waals surface area contributed by atoms with Gasteiger partial charge in [0.15, 0.2) is 5.65 Å². The van der Waals surface area contributed by atoms with Crippen LogP contribution in [0.5, 0.6) is 11.5 Å². The van der Waals surface area contributed by atoms with Crippen LogP contribution in [0.15, 0.2) is 79.6 Å². The number of carbonyl (C=O) groups is 1. The number of fused-ring (bicyclic) bond motifs is 1. The molecule has 0 aliphatic carbocycles. The summed E-state index contributed by atoms with van der Waals surface area (Å²) in [6.45, 7) is 1.16.